The molecule has 1 N–H and O–H groups in total. The van der Waals surface area contributed by atoms with Crippen LogP contribution in [0, 0.1) is 6.92 Å². The first-order chi connectivity index (χ1) is 7.29. The van der Waals surface area contributed by atoms with Crippen molar-refractivity contribution in [2.45, 2.75) is 20.0 Å². The van der Waals surface area contributed by atoms with Gasteiger partial charge in [0.15, 0.2) is 0 Å². The average molecular weight is 222 g/mol. The molecular formula is C10H14N4S. The summed E-state index contributed by atoms with van der Waals surface area (Å²) in [4.78, 5) is 4.42. The lowest BCUT2D eigenvalue weighted by atomic mass is 10.4. The molecule has 0 spiro atoms. The number of nitrogens with zero attached hydrogens (tertiary/aromatic N) is 3. The van der Waals surface area contributed by atoms with Gasteiger partial charge in [-0.2, -0.15) is 5.10 Å². The van der Waals surface area contributed by atoms with Crippen LogP contribution in [0.3, 0.4) is 0 Å². The average Bonchev–Trinajstić information content (AvgIpc) is 2.78. The molecule has 2 aromatic rings. The third kappa shape index (κ3) is 2.43. The summed E-state index contributed by atoms with van der Waals surface area (Å²) in [6, 6.07) is 2.02. The Morgan fingerprint density at radius 1 is 1.53 bits per heavy atom. The molecule has 0 bridgehead atoms. The monoisotopic (exact) mass is 222 g/mol. The Kier molecular flexibility index (Phi) is 3.13. The van der Waals surface area contributed by atoms with Crippen LogP contribution in [0.15, 0.2) is 17.6 Å². The minimum atomic E-state index is 0.758. The predicted molar refractivity (Wildman–Crippen MR) is 60.9 cm³/mol. The first-order valence-electron chi connectivity index (χ1n) is 4.86. The van der Waals surface area contributed by atoms with Gasteiger partial charge < -0.3 is 5.32 Å². The molecule has 0 saturated carbocycles. The highest BCUT2D eigenvalue weighted by molar-refractivity contribution is 7.09. The normalized spacial score (nSPS) is 10.8. The Morgan fingerprint density at radius 2 is 2.40 bits per heavy atom. The number of rotatable bonds is 4. The summed E-state index contributed by atoms with van der Waals surface area (Å²) in [6.07, 6.45) is 1.83. The van der Waals surface area contributed by atoms with Crippen molar-refractivity contribution in [3.05, 3.63) is 34.0 Å². The van der Waals surface area contributed by atoms with Crippen LogP contribution in [-0.4, -0.2) is 21.8 Å². The molecule has 0 fully saturated rings. The second-order valence-corrected chi connectivity index (χ2v) is 4.43. The van der Waals surface area contributed by atoms with E-state index in [1.54, 1.807) is 11.3 Å². The quantitative estimate of drug-likeness (QED) is 0.850. The molecular weight excluding hydrogens is 208 g/mol. The Balaban J connectivity index is 2.13. The summed E-state index contributed by atoms with van der Waals surface area (Å²) in [7, 11) is 1.93. The van der Waals surface area contributed by atoms with Gasteiger partial charge >= 0.3 is 0 Å². The molecule has 0 aromatic carbocycles. The van der Waals surface area contributed by atoms with E-state index in [2.05, 4.69) is 20.8 Å². The van der Waals surface area contributed by atoms with Crippen LogP contribution in [0.1, 0.15) is 16.4 Å². The maximum absolute atomic E-state index is 4.42. The number of aromatic nitrogens is 3. The number of hydrogen-bond acceptors (Lipinski definition) is 4. The fourth-order valence-electron chi connectivity index (χ4n) is 1.47. The predicted octanol–water partition coefficient (Wildman–Crippen LogP) is 1.42. The fraction of sp³-hybridized carbons (Fsp3) is 0.400. The molecule has 15 heavy (non-hydrogen) atoms. The molecule has 0 radical (unpaired) electrons. The molecule has 0 aliphatic rings. The van der Waals surface area contributed by atoms with Gasteiger partial charge in [0.1, 0.15) is 0 Å². The second kappa shape index (κ2) is 4.55. The van der Waals surface area contributed by atoms with Crippen molar-refractivity contribution in [3.63, 3.8) is 0 Å². The van der Waals surface area contributed by atoms with E-state index in [1.165, 1.54) is 5.69 Å². The highest BCUT2D eigenvalue weighted by atomic mass is 32.1. The molecule has 0 saturated heterocycles. The molecule has 0 amide bonds. The number of nitrogens with one attached hydrogen (secondary N) is 1. The summed E-state index contributed by atoms with van der Waals surface area (Å²) in [5.74, 6) is 0. The Labute approximate surface area is 93.0 Å². The van der Waals surface area contributed by atoms with Gasteiger partial charge in [0.25, 0.3) is 0 Å². The van der Waals surface area contributed by atoms with Crippen LogP contribution in [-0.2, 0) is 13.1 Å². The van der Waals surface area contributed by atoms with Crippen molar-refractivity contribution in [3.8, 4) is 0 Å². The van der Waals surface area contributed by atoms with Crippen LogP contribution in [0.2, 0.25) is 0 Å². The molecule has 4 nitrogen and oxygen atoms in total. The zero-order valence-corrected chi connectivity index (χ0v) is 9.71. The van der Waals surface area contributed by atoms with Crippen LogP contribution in [0.5, 0.6) is 0 Å². The van der Waals surface area contributed by atoms with Gasteiger partial charge in [-0.25, -0.2) is 4.98 Å². The molecule has 2 rings (SSSR count). The Bertz CT molecular complexity index is 432. The van der Waals surface area contributed by atoms with Gasteiger partial charge in [0, 0.05) is 18.1 Å². The highest BCUT2D eigenvalue weighted by Gasteiger charge is 2.04. The first kappa shape index (κ1) is 10.3. The molecule has 0 unspecified atom stereocenters. The molecule has 0 atom stereocenters. The van der Waals surface area contributed by atoms with E-state index in [0.29, 0.717) is 0 Å². The summed E-state index contributed by atoms with van der Waals surface area (Å²) >= 11 is 1.68. The number of aryl methyl sites for hydroxylation is 1. The number of thiazole rings is 1. The first-order valence-corrected chi connectivity index (χ1v) is 5.74. The van der Waals surface area contributed by atoms with Crippen molar-refractivity contribution in [2.24, 2.45) is 0 Å². The lowest BCUT2D eigenvalue weighted by Crippen LogP contribution is -2.13. The molecule has 0 aliphatic heterocycles. The number of hydrogen-bond donors (Lipinski definition) is 1. The molecule has 2 heterocycles. The van der Waals surface area contributed by atoms with E-state index >= 15 is 0 Å². The third-order valence-electron chi connectivity index (χ3n) is 2.14. The minimum Gasteiger partial charge on any atom is -0.314 e. The fourth-order valence-corrected chi connectivity index (χ4v) is 2.07. The third-order valence-corrected chi connectivity index (χ3v) is 2.96. The zero-order valence-electron chi connectivity index (χ0n) is 8.90. The lowest BCUT2D eigenvalue weighted by Gasteiger charge is -2.04. The standard InChI is InChI=1S/C10H14N4S/c1-8-13-9(7-15-8)6-14-10(5-11-2)3-4-12-14/h3-4,7,11H,5-6H2,1-2H3. The summed E-state index contributed by atoms with van der Waals surface area (Å²) < 4.78 is 1.98. The second-order valence-electron chi connectivity index (χ2n) is 3.37. The smallest absolute Gasteiger partial charge is 0.0898 e. The van der Waals surface area contributed by atoms with Crippen LogP contribution < -0.4 is 5.32 Å². The summed E-state index contributed by atoms with van der Waals surface area (Å²) in [6.45, 7) is 3.61. The Morgan fingerprint density at radius 3 is 3.07 bits per heavy atom. The molecule has 5 heteroatoms. The van der Waals surface area contributed by atoms with E-state index in [-0.39, 0.29) is 0 Å². The van der Waals surface area contributed by atoms with Gasteiger partial charge in [-0.15, -0.1) is 11.3 Å². The van der Waals surface area contributed by atoms with Crippen molar-refractivity contribution in [1.29, 1.82) is 0 Å². The largest absolute Gasteiger partial charge is 0.314 e. The van der Waals surface area contributed by atoms with Crippen LogP contribution in [0.4, 0.5) is 0 Å². The molecule has 80 valence electrons. The highest BCUT2D eigenvalue weighted by Crippen LogP contribution is 2.10. The van der Waals surface area contributed by atoms with E-state index in [1.807, 2.05) is 30.9 Å². The molecule has 2 aromatic heterocycles. The van der Waals surface area contributed by atoms with E-state index in [0.717, 1.165) is 23.8 Å². The van der Waals surface area contributed by atoms with Gasteiger partial charge in [0.05, 0.1) is 22.9 Å². The zero-order chi connectivity index (χ0) is 10.7. The summed E-state index contributed by atoms with van der Waals surface area (Å²) in [5, 5.41) is 10.6. The van der Waals surface area contributed by atoms with Crippen molar-refractivity contribution in [2.75, 3.05) is 7.05 Å². The van der Waals surface area contributed by atoms with Crippen LogP contribution >= 0.6 is 11.3 Å². The molecule has 0 aliphatic carbocycles. The Hall–Kier alpha value is -1.20. The van der Waals surface area contributed by atoms with Gasteiger partial charge in [-0.05, 0) is 20.0 Å². The van der Waals surface area contributed by atoms with Gasteiger partial charge in [0.2, 0.25) is 0 Å². The van der Waals surface area contributed by atoms with Crippen molar-refractivity contribution in [1.82, 2.24) is 20.1 Å². The maximum atomic E-state index is 4.42. The van der Waals surface area contributed by atoms with E-state index in [9.17, 15) is 0 Å². The van der Waals surface area contributed by atoms with Gasteiger partial charge in [-0.3, -0.25) is 4.68 Å². The van der Waals surface area contributed by atoms with Crippen LogP contribution in [0.25, 0.3) is 0 Å². The van der Waals surface area contributed by atoms with E-state index in [4.69, 9.17) is 0 Å². The maximum Gasteiger partial charge on any atom is 0.0898 e. The minimum absolute atomic E-state index is 0.758. The van der Waals surface area contributed by atoms with Gasteiger partial charge in [-0.1, -0.05) is 0 Å². The van der Waals surface area contributed by atoms with Crippen molar-refractivity contribution < 1.29 is 0 Å². The van der Waals surface area contributed by atoms with Crippen molar-refractivity contribution >= 4 is 11.3 Å². The topological polar surface area (TPSA) is 42.7 Å². The van der Waals surface area contributed by atoms with E-state index < -0.39 is 0 Å². The lowest BCUT2D eigenvalue weighted by molar-refractivity contribution is 0.615. The SMILES string of the molecule is CNCc1ccnn1Cc1csc(C)n1. The summed E-state index contributed by atoms with van der Waals surface area (Å²) in [5.41, 5.74) is 2.27.